The van der Waals surface area contributed by atoms with Crippen LogP contribution in [0.5, 0.6) is 5.75 Å². The maximum atomic E-state index is 6.02. The van der Waals surface area contributed by atoms with E-state index >= 15 is 0 Å². The van der Waals surface area contributed by atoms with Crippen LogP contribution in [0.15, 0.2) is 54.1 Å². The van der Waals surface area contributed by atoms with Crippen molar-refractivity contribution >= 4 is 30.8 Å². The molecule has 0 N–H and O–H groups in total. The van der Waals surface area contributed by atoms with Crippen LogP contribution in [0.4, 0.5) is 0 Å². The van der Waals surface area contributed by atoms with Crippen molar-refractivity contribution < 1.29 is 4.74 Å². The Bertz CT molecular complexity index is 681. The van der Waals surface area contributed by atoms with Crippen LogP contribution in [0.1, 0.15) is 31.9 Å². The molecule has 112 valence electrons. The van der Waals surface area contributed by atoms with Crippen LogP contribution in [0.25, 0.3) is 6.08 Å². The Morgan fingerprint density at radius 2 is 1.82 bits per heavy atom. The van der Waals surface area contributed by atoms with Gasteiger partial charge in [0.1, 0.15) is 0 Å². The predicted molar refractivity (Wildman–Crippen MR) is 95.2 cm³/mol. The summed E-state index contributed by atoms with van der Waals surface area (Å²) in [5.41, 5.74) is 3.93. The van der Waals surface area contributed by atoms with Gasteiger partial charge in [-0.25, -0.2) is 0 Å². The minimum absolute atomic E-state index is 0.473. The van der Waals surface area contributed by atoms with Gasteiger partial charge in [-0.2, -0.15) is 0 Å². The quantitative estimate of drug-likeness (QED) is 0.704. The van der Waals surface area contributed by atoms with Crippen LogP contribution in [0.2, 0.25) is 3.43 Å². The van der Waals surface area contributed by atoms with Gasteiger partial charge in [0.05, 0.1) is 0 Å². The molecule has 0 bridgehead atoms. The Labute approximate surface area is 143 Å². The average Bonchev–Trinajstić information content (AvgIpc) is 2.47. The van der Waals surface area contributed by atoms with E-state index in [9.17, 15) is 0 Å². The molecule has 0 unspecified atom stereocenters. The van der Waals surface area contributed by atoms with Crippen LogP contribution in [-0.2, 0) is 6.42 Å². The number of hydrogen-bond acceptors (Lipinski definition) is 1. The van der Waals surface area contributed by atoms with Gasteiger partial charge < -0.3 is 0 Å². The summed E-state index contributed by atoms with van der Waals surface area (Å²) in [6.07, 6.45) is 3.28. The zero-order valence-corrected chi connectivity index (χ0v) is 16.4. The Kier molecular flexibility index (Phi) is 4.62. The van der Waals surface area contributed by atoms with Gasteiger partial charge in [-0.05, 0) is 0 Å². The average molecular weight is 397 g/mol. The number of hydrogen-bond donors (Lipinski definition) is 0. The fraction of sp³-hybridized carbons (Fsp3) is 0.300. The Hall–Kier alpha value is -1.22. The van der Waals surface area contributed by atoms with E-state index in [2.05, 4.69) is 75.4 Å². The summed E-state index contributed by atoms with van der Waals surface area (Å²) >= 11 is -0.564. The predicted octanol–water partition coefficient (Wildman–Crippen LogP) is 4.25. The van der Waals surface area contributed by atoms with Gasteiger partial charge in [-0.15, -0.1) is 0 Å². The maximum absolute atomic E-state index is 6.02. The molecule has 1 nitrogen and oxygen atoms in total. The molecule has 2 heteroatoms. The van der Waals surface area contributed by atoms with Gasteiger partial charge in [0.2, 0.25) is 0 Å². The van der Waals surface area contributed by atoms with E-state index in [0.717, 1.165) is 12.2 Å². The molecule has 1 aliphatic heterocycles. The van der Waals surface area contributed by atoms with Gasteiger partial charge in [0, 0.05) is 0 Å². The Morgan fingerprint density at radius 3 is 2.55 bits per heavy atom. The second-order valence-corrected chi connectivity index (χ2v) is 13.5. The molecule has 2 radical (unpaired) electrons. The van der Waals surface area contributed by atoms with Crippen molar-refractivity contribution in [2.45, 2.75) is 30.6 Å². The van der Waals surface area contributed by atoms with Crippen molar-refractivity contribution in [1.82, 2.24) is 0 Å². The normalized spacial score (nSPS) is 14.0. The number of ether oxygens (including phenoxy) is 1. The molecule has 2 aromatic carbocycles. The molecule has 0 saturated heterocycles. The van der Waals surface area contributed by atoms with Crippen molar-refractivity contribution in [3.63, 3.8) is 0 Å². The van der Waals surface area contributed by atoms with Gasteiger partial charge >= 0.3 is 144 Å². The van der Waals surface area contributed by atoms with Gasteiger partial charge in [0.15, 0.2) is 0 Å². The van der Waals surface area contributed by atoms with E-state index in [-0.39, 0.29) is 0 Å². The Balaban J connectivity index is 1.78. The molecule has 0 saturated carbocycles. The van der Waals surface area contributed by atoms with Crippen LogP contribution in [0, 0.1) is 0 Å². The second kappa shape index (κ2) is 6.49. The zero-order valence-electron chi connectivity index (χ0n) is 13.5. The molecular weight excluding hydrogens is 375 g/mol. The summed E-state index contributed by atoms with van der Waals surface area (Å²) in [6.45, 7) is 7.75. The van der Waals surface area contributed by atoms with Gasteiger partial charge in [0.25, 0.3) is 0 Å². The molecule has 0 fully saturated rings. The van der Waals surface area contributed by atoms with Crippen LogP contribution in [0.3, 0.4) is 0 Å². The summed E-state index contributed by atoms with van der Waals surface area (Å²) in [5.74, 6) is 1.07. The monoisotopic (exact) mass is 398 g/mol. The minimum atomic E-state index is -0.564. The first-order chi connectivity index (χ1) is 10.5. The molecule has 1 aliphatic rings. The second-order valence-electron chi connectivity index (χ2n) is 6.88. The Morgan fingerprint density at radius 1 is 1.05 bits per heavy atom. The molecule has 3 rings (SSSR count). The number of fused-ring (bicyclic) bond motifs is 1. The summed E-state index contributed by atoms with van der Waals surface area (Å²) in [7, 11) is 0. The molecule has 1 heterocycles. The summed E-state index contributed by atoms with van der Waals surface area (Å²) in [5, 5.41) is 0. The third-order valence-corrected chi connectivity index (χ3v) is 7.43. The SMILES string of the molecule is C[C](C)(C)[Sn][c]1ccc2c(c1)OCC(Cc1ccccc1)=C2. The number of rotatable bonds is 3. The molecule has 0 amide bonds. The van der Waals surface area contributed by atoms with Gasteiger partial charge in [-0.3, -0.25) is 0 Å². The third-order valence-electron chi connectivity index (χ3n) is 3.58. The van der Waals surface area contributed by atoms with Crippen molar-refractivity contribution in [2.24, 2.45) is 0 Å². The van der Waals surface area contributed by atoms with Crippen LogP contribution >= 0.6 is 0 Å². The summed E-state index contributed by atoms with van der Waals surface area (Å²) in [6, 6.07) is 17.4. The zero-order chi connectivity index (χ0) is 15.6. The van der Waals surface area contributed by atoms with Crippen molar-refractivity contribution in [3.8, 4) is 5.75 Å². The molecule has 0 spiro atoms. The van der Waals surface area contributed by atoms with E-state index in [1.807, 2.05) is 0 Å². The molecule has 0 atom stereocenters. The molecule has 0 aliphatic carbocycles. The molecule has 22 heavy (non-hydrogen) atoms. The first-order valence-corrected chi connectivity index (χ1v) is 10.6. The van der Waals surface area contributed by atoms with Crippen LogP contribution in [-0.4, -0.2) is 27.7 Å². The van der Waals surface area contributed by atoms with Crippen molar-refractivity contribution in [2.75, 3.05) is 6.61 Å². The molecule has 0 aromatic heterocycles. The summed E-state index contributed by atoms with van der Waals surface area (Å²) in [4.78, 5) is 0. The molecular formula is C20H22OSn. The van der Waals surface area contributed by atoms with E-state index in [0.29, 0.717) is 10.0 Å². The van der Waals surface area contributed by atoms with Crippen molar-refractivity contribution in [3.05, 3.63) is 65.2 Å². The fourth-order valence-corrected chi connectivity index (χ4v) is 6.21. The fourth-order valence-electron chi connectivity index (χ4n) is 2.68. The number of benzene rings is 2. The van der Waals surface area contributed by atoms with Crippen LogP contribution < -0.4 is 8.32 Å². The third kappa shape index (κ3) is 4.16. The first-order valence-electron chi connectivity index (χ1n) is 7.78. The van der Waals surface area contributed by atoms with Gasteiger partial charge in [-0.1, -0.05) is 0 Å². The topological polar surface area (TPSA) is 9.23 Å². The van der Waals surface area contributed by atoms with Crippen molar-refractivity contribution in [1.29, 1.82) is 0 Å². The standard InChI is InChI=1S/C16H13O.C4H9.Sn/c1-2-6-13(7-3-1)10-14-11-15-8-4-5-9-16(15)17-12-14;1-4(2)3;/h1-4,6-9,11H,10,12H2;1-3H3;. The van der Waals surface area contributed by atoms with E-state index < -0.39 is 21.1 Å². The van der Waals surface area contributed by atoms with E-state index in [4.69, 9.17) is 4.74 Å². The molecule has 2 aromatic rings. The van der Waals surface area contributed by atoms with E-state index in [1.54, 1.807) is 0 Å². The van der Waals surface area contributed by atoms with E-state index in [1.165, 1.54) is 20.3 Å². The summed E-state index contributed by atoms with van der Waals surface area (Å²) < 4.78 is 8.02. The first kappa shape index (κ1) is 15.7.